The number of sulfonamides is 1. The Morgan fingerprint density at radius 1 is 1.14 bits per heavy atom. The van der Waals surface area contributed by atoms with Crippen molar-refractivity contribution in [2.45, 2.75) is 51.6 Å². The lowest BCUT2D eigenvalue weighted by Gasteiger charge is -2.28. The van der Waals surface area contributed by atoms with Gasteiger partial charge in [0.05, 0.1) is 4.90 Å². The van der Waals surface area contributed by atoms with Gasteiger partial charge in [0.1, 0.15) is 0 Å². The number of rotatable bonds is 7. The molecule has 5 heteroatoms. The third kappa shape index (κ3) is 4.53. The Balaban J connectivity index is 3.22. The summed E-state index contributed by atoms with van der Waals surface area (Å²) in [6, 6.07) is 7.27. The number of hydrogen-bond donors (Lipinski definition) is 1. The van der Waals surface area contributed by atoms with Gasteiger partial charge in [-0.2, -0.15) is 4.31 Å². The van der Waals surface area contributed by atoms with Gasteiger partial charge in [0.2, 0.25) is 10.0 Å². The maximum Gasteiger partial charge on any atom is 0.243 e. The third-order valence-corrected chi connectivity index (χ3v) is 5.56. The van der Waals surface area contributed by atoms with E-state index in [0.29, 0.717) is 17.4 Å². The van der Waals surface area contributed by atoms with E-state index in [2.05, 4.69) is 5.32 Å². The highest BCUT2D eigenvalue weighted by Gasteiger charge is 2.27. The first-order chi connectivity index (χ1) is 9.70. The van der Waals surface area contributed by atoms with E-state index in [1.54, 1.807) is 16.4 Å². The maximum absolute atomic E-state index is 12.9. The molecule has 0 radical (unpaired) electrons. The molecular weight excluding hydrogens is 284 g/mol. The first-order valence-corrected chi connectivity index (χ1v) is 8.93. The van der Waals surface area contributed by atoms with Gasteiger partial charge >= 0.3 is 0 Å². The monoisotopic (exact) mass is 312 g/mol. The molecule has 0 saturated heterocycles. The van der Waals surface area contributed by atoms with Crippen molar-refractivity contribution in [3.05, 3.63) is 29.8 Å². The van der Waals surface area contributed by atoms with Crippen molar-refractivity contribution in [3.63, 3.8) is 0 Å². The number of benzene rings is 1. The Hall–Kier alpha value is -0.910. The average molecular weight is 312 g/mol. The smallest absolute Gasteiger partial charge is 0.243 e. The Labute approximate surface area is 129 Å². The van der Waals surface area contributed by atoms with Crippen LogP contribution in [0.2, 0.25) is 0 Å². The van der Waals surface area contributed by atoms with Gasteiger partial charge in [-0.1, -0.05) is 26.0 Å². The molecule has 21 heavy (non-hydrogen) atoms. The van der Waals surface area contributed by atoms with Crippen LogP contribution in [0, 0.1) is 5.92 Å². The molecule has 0 aliphatic carbocycles. The van der Waals surface area contributed by atoms with E-state index in [9.17, 15) is 8.42 Å². The first-order valence-electron chi connectivity index (χ1n) is 7.49. The number of nitrogens with zero attached hydrogens (tertiary/aromatic N) is 1. The van der Waals surface area contributed by atoms with Crippen LogP contribution in [-0.2, 0) is 10.0 Å². The molecule has 4 nitrogen and oxygen atoms in total. The fourth-order valence-electron chi connectivity index (χ4n) is 2.19. The number of nitrogens with one attached hydrogen (secondary N) is 1. The van der Waals surface area contributed by atoms with Crippen LogP contribution in [0.3, 0.4) is 0 Å². The highest BCUT2D eigenvalue weighted by atomic mass is 32.2. The van der Waals surface area contributed by atoms with Crippen molar-refractivity contribution in [2.24, 2.45) is 5.92 Å². The fraction of sp³-hybridized carbons (Fsp3) is 0.625. The molecule has 0 amide bonds. The summed E-state index contributed by atoms with van der Waals surface area (Å²) < 4.78 is 27.3. The molecule has 0 fully saturated rings. The van der Waals surface area contributed by atoms with Crippen molar-refractivity contribution in [3.8, 4) is 0 Å². The lowest BCUT2D eigenvalue weighted by molar-refractivity contribution is 0.319. The fourth-order valence-corrected chi connectivity index (χ4v) is 4.05. The van der Waals surface area contributed by atoms with Gasteiger partial charge < -0.3 is 5.32 Å². The van der Waals surface area contributed by atoms with Crippen LogP contribution in [-0.4, -0.2) is 32.4 Å². The van der Waals surface area contributed by atoms with Crippen molar-refractivity contribution < 1.29 is 8.42 Å². The van der Waals surface area contributed by atoms with Crippen LogP contribution >= 0.6 is 0 Å². The zero-order chi connectivity index (χ0) is 16.2. The Morgan fingerprint density at radius 3 is 2.24 bits per heavy atom. The second kappa shape index (κ2) is 7.38. The molecule has 0 saturated carbocycles. The predicted octanol–water partition coefficient (Wildman–Crippen LogP) is 3.02. The van der Waals surface area contributed by atoms with E-state index in [1.165, 1.54) is 0 Å². The SMILES string of the molecule is CNC(C)c1cccc(S(=O)(=O)N(CC(C)C)C(C)C)c1. The maximum atomic E-state index is 12.9. The minimum absolute atomic E-state index is 0.0530. The summed E-state index contributed by atoms with van der Waals surface area (Å²) in [7, 11) is -1.59. The molecule has 0 aliphatic rings. The molecule has 1 aromatic carbocycles. The Kier molecular flexibility index (Phi) is 6.38. The molecule has 1 atom stereocenters. The first kappa shape index (κ1) is 18.1. The second-order valence-electron chi connectivity index (χ2n) is 6.15. The molecule has 120 valence electrons. The highest BCUT2D eigenvalue weighted by Crippen LogP contribution is 2.23. The van der Waals surface area contributed by atoms with E-state index in [-0.39, 0.29) is 12.1 Å². The van der Waals surface area contributed by atoms with Gasteiger partial charge in [0.15, 0.2) is 0 Å². The summed E-state index contributed by atoms with van der Waals surface area (Å²) in [5.41, 5.74) is 0.979. The molecule has 1 N–H and O–H groups in total. The van der Waals surface area contributed by atoms with Crippen LogP contribution in [0.25, 0.3) is 0 Å². The van der Waals surface area contributed by atoms with Crippen LogP contribution in [0.5, 0.6) is 0 Å². The van der Waals surface area contributed by atoms with Crippen molar-refractivity contribution in [1.29, 1.82) is 0 Å². The summed E-state index contributed by atoms with van der Waals surface area (Å²) >= 11 is 0. The van der Waals surface area contributed by atoms with E-state index < -0.39 is 10.0 Å². The molecule has 1 unspecified atom stereocenters. The average Bonchev–Trinajstić information content (AvgIpc) is 2.43. The molecule has 1 rings (SSSR count). The molecule has 0 spiro atoms. The van der Waals surface area contributed by atoms with Crippen molar-refractivity contribution in [2.75, 3.05) is 13.6 Å². The molecular formula is C16H28N2O2S. The summed E-state index contributed by atoms with van der Waals surface area (Å²) in [5.74, 6) is 0.293. The minimum atomic E-state index is -3.45. The zero-order valence-corrected chi connectivity index (χ0v) is 14.7. The summed E-state index contributed by atoms with van der Waals surface area (Å²) in [6.07, 6.45) is 0. The van der Waals surface area contributed by atoms with Crippen molar-refractivity contribution >= 4 is 10.0 Å². The van der Waals surface area contributed by atoms with Crippen LogP contribution in [0.1, 0.15) is 46.2 Å². The lowest BCUT2D eigenvalue weighted by Crippen LogP contribution is -2.39. The normalized spacial score (nSPS) is 14.1. The van der Waals surface area contributed by atoms with E-state index in [4.69, 9.17) is 0 Å². The standard InChI is InChI=1S/C16H28N2O2S/c1-12(2)11-18(13(3)4)21(19,20)16-9-7-8-15(10-16)14(5)17-6/h7-10,12-14,17H,11H2,1-6H3. The molecule has 1 aromatic rings. The van der Waals surface area contributed by atoms with E-state index >= 15 is 0 Å². The predicted molar refractivity (Wildman–Crippen MR) is 87.8 cm³/mol. The van der Waals surface area contributed by atoms with Crippen molar-refractivity contribution in [1.82, 2.24) is 9.62 Å². The van der Waals surface area contributed by atoms with Crippen LogP contribution in [0.15, 0.2) is 29.2 Å². The highest BCUT2D eigenvalue weighted by molar-refractivity contribution is 7.89. The third-order valence-electron chi connectivity index (χ3n) is 3.52. The van der Waals surface area contributed by atoms with E-state index in [0.717, 1.165) is 5.56 Å². The molecule has 0 aromatic heterocycles. The van der Waals surface area contributed by atoms with Gasteiger partial charge in [0.25, 0.3) is 0 Å². The van der Waals surface area contributed by atoms with Crippen LogP contribution < -0.4 is 5.32 Å². The van der Waals surface area contributed by atoms with E-state index in [1.807, 2.05) is 53.8 Å². The zero-order valence-electron chi connectivity index (χ0n) is 13.9. The summed E-state index contributed by atoms with van der Waals surface area (Å²) in [5, 5.41) is 3.14. The van der Waals surface area contributed by atoms with Gasteiger partial charge in [-0.05, 0) is 51.4 Å². The topological polar surface area (TPSA) is 49.4 Å². The summed E-state index contributed by atoms with van der Waals surface area (Å²) in [4.78, 5) is 0.372. The van der Waals surface area contributed by atoms with Gasteiger partial charge in [-0.15, -0.1) is 0 Å². The molecule has 0 bridgehead atoms. The lowest BCUT2D eigenvalue weighted by atomic mass is 10.1. The summed E-state index contributed by atoms with van der Waals surface area (Å²) in [6.45, 7) is 10.4. The number of hydrogen-bond acceptors (Lipinski definition) is 3. The van der Waals surface area contributed by atoms with Gasteiger partial charge in [0, 0.05) is 18.6 Å². The molecule has 0 heterocycles. The van der Waals surface area contributed by atoms with Crippen LogP contribution in [0.4, 0.5) is 0 Å². The Morgan fingerprint density at radius 2 is 1.76 bits per heavy atom. The Bertz CT molecular complexity index is 553. The van der Waals surface area contributed by atoms with Gasteiger partial charge in [-0.3, -0.25) is 0 Å². The molecule has 0 aliphatic heterocycles. The second-order valence-corrected chi connectivity index (χ2v) is 8.04. The quantitative estimate of drug-likeness (QED) is 0.842. The minimum Gasteiger partial charge on any atom is -0.313 e. The largest absolute Gasteiger partial charge is 0.313 e. The van der Waals surface area contributed by atoms with Gasteiger partial charge in [-0.25, -0.2) is 8.42 Å².